The predicted octanol–water partition coefficient (Wildman–Crippen LogP) is 3.00. The van der Waals surface area contributed by atoms with Crippen molar-refractivity contribution in [2.75, 3.05) is 19.6 Å². The molecule has 1 aromatic carbocycles. The van der Waals surface area contributed by atoms with Crippen molar-refractivity contribution in [3.63, 3.8) is 0 Å². The summed E-state index contributed by atoms with van der Waals surface area (Å²) in [5.41, 5.74) is 1.43. The van der Waals surface area contributed by atoms with E-state index >= 15 is 0 Å². The van der Waals surface area contributed by atoms with E-state index in [-0.39, 0.29) is 5.54 Å². The standard InChI is InChI=1S/C18H26N2/c1-4-5-6-10-13-20-15-18(3,19-14-16(20)2)17-11-8-7-9-12-17/h1,7-9,11-12,16,19H,5-6,10,13-15H2,2-3H3. The first kappa shape index (κ1) is 15.1. The lowest BCUT2D eigenvalue weighted by Gasteiger charge is -2.45. The number of nitrogens with one attached hydrogen (secondary N) is 1. The third-order valence-corrected chi connectivity index (χ3v) is 4.36. The number of rotatable bonds is 5. The van der Waals surface area contributed by atoms with E-state index in [2.05, 4.69) is 60.3 Å². The molecule has 1 fully saturated rings. The normalized spacial score (nSPS) is 27.1. The first-order chi connectivity index (χ1) is 9.65. The summed E-state index contributed by atoms with van der Waals surface area (Å²) in [7, 11) is 0. The van der Waals surface area contributed by atoms with Gasteiger partial charge in [-0.25, -0.2) is 0 Å². The van der Waals surface area contributed by atoms with Crippen LogP contribution in [0.15, 0.2) is 30.3 Å². The minimum absolute atomic E-state index is 0.0554. The van der Waals surface area contributed by atoms with Crippen LogP contribution in [0.1, 0.15) is 38.7 Å². The summed E-state index contributed by atoms with van der Waals surface area (Å²) in [4.78, 5) is 2.60. The van der Waals surface area contributed by atoms with Gasteiger partial charge in [-0.05, 0) is 38.8 Å². The van der Waals surface area contributed by atoms with Gasteiger partial charge in [0.1, 0.15) is 0 Å². The summed E-state index contributed by atoms with van der Waals surface area (Å²) in [6.07, 6.45) is 8.55. The Balaban J connectivity index is 1.98. The van der Waals surface area contributed by atoms with Gasteiger partial charge in [0.2, 0.25) is 0 Å². The Labute approximate surface area is 123 Å². The van der Waals surface area contributed by atoms with Gasteiger partial charge in [0.05, 0.1) is 5.54 Å². The van der Waals surface area contributed by atoms with Crippen LogP contribution < -0.4 is 5.32 Å². The molecule has 1 saturated heterocycles. The number of piperazine rings is 1. The molecular weight excluding hydrogens is 244 g/mol. The molecule has 0 amide bonds. The molecular formula is C18H26N2. The molecule has 2 rings (SSSR count). The van der Waals surface area contributed by atoms with Crippen LogP contribution in [0.4, 0.5) is 0 Å². The fourth-order valence-corrected chi connectivity index (χ4v) is 2.96. The van der Waals surface area contributed by atoms with Crippen molar-refractivity contribution in [2.24, 2.45) is 0 Å². The molecule has 20 heavy (non-hydrogen) atoms. The fraction of sp³-hybridized carbons (Fsp3) is 0.556. The van der Waals surface area contributed by atoms with Gasteiger partial charge in [-0.15, -0.1) is 12.3 Å². The van der Waals surface area contributed by atoms with Crippen LogP contribution in [0.5, 0.6) is 0 Å². The van der Waals surface area contributed by atoms with Crippen molar-refractivity contribution in [3.05, 3.63) is 35.9 Å². The van der Waals surface area contributed by atoms with E-state index in [9.17, 15) is 0 Å². The third-order valence-electron chi connectivity index (χ3n) is 4.36. The lowest BCUT2D eigenvalue weighted by molar-refractivity contribution is 0.0930. The number of hydrogen-bond donors (Lipinski definition) is 1. The van der Waals surface area contributed by atoms with Crippen LogP contribution in [0.25, 0.3) is 0 Å². The lowest BCUT2D eigenvalue weighted by Crippen LogP contribution is -2.60. The molecule has 2 atom stereocenters. The smallest absolute Gasteiger partial charge is 0.0535 e. The maximum absolute atomic E-state index is 5.32. The van der Waals surface area contributed by atoms with E-state index in [0.29, 0.717) is 6.04 Å². The molecule has 1 aliphatic rings. The van der Waals surface area contributed by atoms with Gasteiger partial charge in [0, 0.05) is 25.6 Å². The Morgan fingerprint density at radius 1 is 1.35 bits per heavy atom. The second-order valence-corrected chi connectivity index (χ2v) is 6.06. The van der Waals surface area contributed by atoms with Crippen molar-refractivity contribution < 1.29 is 0 Å². The monoisotopic (exact) mass is 270 g/mol. The Bertz CT molecular complexity index is 448. The summed E-state index contributed by atoms with van der Waals surface area (Å²) in [6.45, 7) is 7.86. The van der Waals surface area contributed by atoms with Crippen LogP contribution in [0, 0.1) is 12.3 Å². The van der Waals surface area contributed by atoms with Crippen LogP contribution in [0.3, 0.4) is 0 Å². The Morgan fingerprint density at radius 2 is 2.10 bits per heavy atom. The minimum Gasteiger partial charge on any atom is -0.305 e. The van der Waals surface area contributed by atoms with Gasteiger partial charge in [-0.2, -0.15) is 0 Å². The molecule has 0 aliphatic carbocycles. The van der Waals surface area contributed by atoms with Crippen molar-refractivity contribution >= 4 is 0 Å². The molecule has 0 bridgehead atoms. The SMILES string of the molecule is C#CCCCCN1CC(C)(c2ccccc2)NCC1C. The van der Waals surface area contributed by atoms with Crippen molar-refractivity contribution in [3.8, 4) is 12.3 Å². The molecule has 1 heterocycles. The maximum Gasteiger partial charge on any atom is 0.0535 e. The predicted molar refractivity (Wildman–Crippen MR) is 85.5 cm³/mol. The second kappa shape index (κ2) is 6.92. The maximum atomic E-state index is 5.32. The second-order valence-electron chi connectivity index (χ2n) is 6.06. The van der Waals surface area contributed by atoms with Crippen molar-refractivity contribution in [1.29, 1.82) is 0 Å². The average Bonchev–Trinajstić information content (AvgIpc) is 2.48. The highest BCUT2D eigenvalue weighted by Gasteiger charge is 2.34. The summed E-state index contributed by atoms with van der Waals surface area (Å²) < 4.78 is 0. The topological polar surface area (TPSA) is 15.3 Å². The van der Waals surface area contributed by atoms with E-state index in [1.54, 1.807) is 0 Å². The van der Waals surface area contributed by atoms with E-state index < -0.39 is 0 Å². The molecule has 0 saturated carbocycles. The third kappa shape index (κ3) is 3.62. The number of nitrogens with zero attached hydrogens (tertiary/aromatic N) is 1. The summed E-state index contributed by atoms with van der Waals surface area (Å²) in [5.74, 6) is 2.73. The van der Waals surface area contributed by atoms with Gasteiger partial charge >= 0.3 is 0 Å². The highest BCUT2D eigenvalue weighted by molar-refractivity contribution is 5.25. The van der Waals surface area contributed by atoms with Crippen molar-refractivity contribution in [2.45, 2.75) is 44.7 Å². The van der Waals surface area contributed by atoms with Gasteiger partial charge in [0.25, 0.3) is 0 Å². The largest absolute Gasteiger partial charge is 0.305 e. The molecule has 1 aliphatic heterocycles. The Morgan fingerprint density at radius 3 is 2.80 bits per heavy atom. The molecule has 2 heteroatoms. The molecule has 0 radical (unpaired) electrons. The first-order valence-electron chi connectivity index (χ1n) is 7.64. The summed E-state index contributed by atoms with van der Waals surface area (Å²) >= 11 is 0. The first-order valence-corrected chi connectivity index (χ1v) is 7.64. The summed E-state index contributed by atoms with van der Waals surface area (Å²) in [5, 5.41) is 3.72. The molecule has 108 valence electrons. The van der Waals surface area contributed by atoms with Crippen LogP contribution >= 0.6 is 0 Å². The van der Waals surface area contributed by atoms with Crippen LogP contribution in [-0.2, 0) is 5.54 Å². The quantitative estimate of drug-likeness (QED) is 0.653. The van der Waals surface area contributed by atoms with Gasteiger partial charge in [-0.3, -0.25) is 4.90 Å². The lowest BCUT2D eigenvalue weighted by atomic mass is 9.88. The molecule has 0 spiro atoms. The average molecular weight is 270 g/mol. The van der Waals surface area contributed by atoms with E-state index in [0.717, 1.165) is 32.5 Å². The molecule has 1 N–H and O–H groups in total. The zero-order valence-electron chi connectivity index (χ0n) is 12.7. The van der Waals surface area contributed by atoms with Crippen LogP contribution in [-0.4, -0.2) is 30.6 Å². The van der Waals surface area contributed by atoms with Crippen LogP contribution in [0.2, 0.25) is 0 Å². The Hall–Kier alpha value is -1.30. The Kier molecular flexibility index (Phi) is 5.23. The van der Waals surface area contributed by atoms with E-state index in [1.807, 2.05) is 0 Å². The highest BCUT2D eigenvalue weighted by atomic mass is 15.2. The molecule has 2 unspecified atom stereocenters. The number of unbranched alkanes of at least 4 members (excludes halogenated alkanes) is 2. The highest BCUT2D eigenvalue weighted by Crippen LogP contribution is 2.26. The minimum atomic E-state index is 0.0554. The van der Waals surface area contributed by atoms with Crippen molar-refractivity contribution in [1.82, 2.24) is 10.2 Å². The molecule has 2 nitrogen and oxygen atoms in total. The zero-order valence-corrected chi connectivity index (χ0v) is 12.7. The number of terminal acetylenes is 1. The molecule has 1 aromatic rings. The van der Waals surface area contributed by atoms with Gasteiger partial charge < -0.3 is 5.32 Å². The number of benzene rings is 1. The molecule has 0 aromatic heterocycles. The summed E-state index contributed by atoms with van der Waals surface area (Å²) in [6, 6.07) is 11.4. The zero-order chi connectivity index (χ0) is 14.4. The fourth-order valence-electron chi connectivity index (χ4n) is 2.96. The van der Waals surface area contributed by atoms with Gasteiger partial charge in [-0.1, -0.05) is 30.3 Å². The van der Waals surface area contributed by atoms with E-state index in [4.69, 9.17) is 6.42 Å². The van der Waals surface area contributed by atoms with E-state index in [1.165, 1.54) is 12.0 Å². The number of hydrogen-bond acceptors (Lipinski definition) is 2. The van der Waals surface area contributed by atoms with Gasteiger partial charge in [0.15, 0.2) is 0 Å².